The molecule has 34 heavy (non-hydrogen) atoms. The number of pyridine rings is 1. The summed E-state index contributed by atoms with van der Waals surface area (Å²) < 4.78 is 0. The highest BCUT2D eigenvalue weighted by molar-refractivity contribution is 5.98. The topological polar surface area (TPSA) is 53.5 Å². The summed E-state index contributed by atoms with van der Waals surface area (Å²) in [5.74, 6) is 1.24. The molecule has 5 heteroatoms. The number of carbonyl (C=O) groups is 2. The molecule has 5 rings (SSSR count). The van der Waals surface area contributed by atoms with Gasteiger partial charge in [-0.1, -0.05) is 35.9 Å². The van der Waals surface area contributed by atoms with Gasteiger partial charge in [-0.15, -0.1) is 0 Å². The van der Waals surface area contributed by atoms with Crippen molar-refractivity contribution in [3.8, 4) is 0 Å². The molecule has 2 saturated heterocycles. The van der Waals surface area contributed by atoms with Crippen molar-refractivity contribution in [2.45, 2.75) is 39.5 Å². The number of aromatic nitrogens is 1. The fourth-order valence-electron chi connectivity index (χ4n) is 5.66. The van der Waals surface area contributed by atoms with Crippen LogP contribution in [0.2, 0.25) is 0 Å². The molecule has 2 amide bonds. The minimum absolute atomic E-state index is 0.130. The molecule has 2 aliphatic rings. The van der Waals surface area contributed by atoms with Gasteiger partial charge in [-0.05, 0) is 79.0 Å². The molecule has 2 unspecified atom stereocenters. The number of aryl methyl sites for hydroxylation is 2. The molecule has 0 aliphatic carbocycles. The van der Waals surface area contributed by atoms with Crippen LogP contribution < -0.4 is 0 Å². The highest BCUT2D eigenvalue weighted by Gasteiger charge is 2.35. The Morgan fingerprint density at radius 3 is 2.47 bits per heavy atom. The smallest absolute Gasteiger partial charge is 0.253 e. The van der Waals surface area contributed by atoms with E-state index in [9.17, 15) is 9.59 Å². The summed E-state index contributed by atoms with van der Waals surface area (Å²) in [6, 6.07) is 14.4. The van der Waals surface area contributed by atoms with E-state index in [4.69, 9.17) is 0 Å². The first-order valence-corrected chi connectivity index (χ1v) is 12.4. The van der Waals surface area contributed by atoms with E-state index >= 15 is 0 Å². The van der Waals surface area contributed by atoms with Gasteiger partial charge in [-0.2, -0.15) is 0 Å². The third-order valence-electron chi connectivity index (χ3n) is 7.52. The molecule has 0 saturated carbocycles. The monoisotopic (exact) mass is 455 g/mol. The van der Waals surface area contributed by atoms with E-state index in [1.807, 2.05) is 41.1 Å². The van der Waals surface area contributed by atoms with E-state index < -0.39 is 0 Å². The number of benzene rings is 2. The quantitative estimate of drug-likeness (QED) is 0.568. The molecule has 2 atom stereocenters. The van der Waals surface area contributed by atoms with Gasteiger partial charge in [0.25, 0.3) is 5.91 Å². The van der Waals surface area contributed by atoms with Crippen LogP contribution in [-0.4, -0.2) is 52.8 Å². The molecule has 0 bridgehead atoms. The second-order valence-electron chi connectivity index (χ2n) is 10.2. The van der Waals surface area contributed by atoms with Crippen LogP contribution in [0.15, 0.2) is 54.9 Å². The Labute approximate surface area is 201 Å². The van der Waals surface area contributed by atoms with Crippen molar-refractivity contribution in [2.75, 3.05) is 26.2 Å². The number of carbonyl (C=O) groups excluding carboxylic acids is 2. The molecule has 1 aromatic heterocycles. The molecular formula is C29H33N3O2. The lowest BCUT2D eigenvalue weighted by Gasteiger charge is -2.36. The predicted octanol–water partition coefficient (Wildman–Crippen LogP) is 4.80. The van der Waals surface area contributed by atoms with Gasteiger partial charge >= 0.3 is 0 Å². The van der Waals surface area contributed by atoms with Gasteiger partial charge in [0.05, 0.1) is 6.42 Å². The third-order valence-corrected chi connectivity index (χ3v) is 7.52. The summed E-state index contributed by atoms with van der Waals surface area (Å²) in [4.78, 5) is 34.5. The lowest BCUT2D eigenvalue weighted by molar-refractivity contribution is -0.129. The first kappa shape index (κ1) is 22.6. The van der Waals surface area contributed by atoms with Crippen LogP contribution >= 0.6 is 0 Å². The molecule has 0 spiro atoms. The molecule has 176 valence electrons. The van der Waals surface area contributed by atoms with Crippen LogP contribution in [0.3, 0.4) is 0 Å². The molecular weight excluding hydrogens is 422 g/mol. The number of hydrogen-bond acceptors (Lipinski definition) is 3. The summed E-state index contributed by atoms with van der Waals surface area (Å²) >= 11 is 0. The Morgan fingerprint density at radius 2 is 1.62 bits per heavy atom. The standard InChI is InChI=1S/C29H33N3O2/c1-20-5-6-24-15-25(8-7-23(24)13-20)29(34)32-10-3-4-26(19-32)27-9-11-31(18-27)28(33)14-22-12-21(2)16-30-17-22/h5-8,12-13,15-17,26-27H,3-4,9-11,14,18-19H2,1-2H3. The fourth-order valence-corrected chi connectivity index (χ4v) is 5.66. The number of rotatable bonds is 4. The molecule has 2 aliphatic heterocycles. The van der Waals surface area contributed by atoms with Crippen LogP contribution in [-0.2, 0) is 11.2 Å². The Morgan fingerprint density at radius 1 is 0.853 bits per heavy atom. The highest BCUT2D eigenvalue weighted by Crippen LogP contribution is 2.32. The van der Waals surface area contributed by atoms with Gasteiger partial charge < -0.3 is 9.80 Å². The lowest BCUT2D eigenvalue weighted by atomic mass is 9.84. The number of amides is 2. The second-order valence-corrected chi connectivity index (χ2v) is 10.2. The van der Waals surface area contributed by atoms with Crippen LogP contribution in [0, 0.1) is 25.7 Å². The van der Waals surface area contributed by atoms with Gasteiger partial charge in [0, 0.05) is 44.1 Å². The van der Waals surface area contributed by atoms with Crippen molar-refractivity contribution in [1.29, 1.82) is 0 Å². The van der Waals surface area contributed by atoms with Gasteiger partial charge in [0.2, 0.25) is 5.91 Å². The molecule has 0 N–H and O–H groups in total. The van der Waals surface area contributed by atoms with Crippen LogP contribution in [0.5, 0.6) is 0 Å². The molecule has 3 aromatic rings. The first-order chi connectivity index (χ1) is 16.5. The number of likely N-dealkylation sites (tertiary alicyclic amines) is 2. The van der Waals surface area contributed by atoms with Crippen molar-refractivity contribution >= 4 is 22.6 Å². The van der Waals surface area contributed by atoms with Crippen LogP contribution in [0.25, 0.3) is 10.8 Å². The van der Waals surface area contributed by atoms with Crippen molar-refractivity contribution in [2.24, 2.45) is 11.8 Å². The normalized spacial score (nSPS) is 20.6. The first-order valence-electron chi connectivity index (χ1n) is 12.4. The maximum absolute atomic E-state index is 13.3. The predicted molar refractivity (Wildman–Crippen MR) is 135 cm³/mol. The van der Waals surface area contributed by atoms with Gasteiger partial charge in [0.1, 0.15) is 0 Å². The highest BCUT2D eigenvalue weighted by atomic mass is 16.2. The van der Waals surface area contributed by atoms with Crippen molar-refractivity contribution in [1.82, 2.24) is 14.8 Å². The minimum atomic E-state index is 0.130. The zero-order valence-electron chi connectivity index (χ0n) is 20.2. The van der Waals surface area contributed by atoms with E-state index in [1.165, 1.54) is 10.9 Å². The van der Waals surface area contributed by atoms with Crippen LogP contribution in [0.1, 0.15) is 46.3 Å². The number of fused-ring (bicyclic) bond motifs is 1. The fraction of sp³-hybridized carbons (Fsp3) is 0.414. The lowest BCUT2D eigenvalue weighted by Crippen LogP contribution is -2.42. The summed E-state index contributed by atoms with van der Waals surface area (Å²) in [5.41, 5.74) is 4.06. The van der Waals surface area contributed by atoms with Gasteiger partial charge in [-0.25, -0.2) is 0 Å². The van der Waals surface area contributed by atoms with Gasteiger partial charge in [0.15, 0.2) is 0 Å². The molecule has 3 heterocycles. The average molecular weight is 456 g/mol. The number of nitrogens with zero attached hydrogens (tertiary/aromatic N) is 3. The zero-order chi connectivity index (χ0) is 23.7. The Bertz CT molecular complexity index is 1220. The van der Waals surface area contributed by atoms with Crippen LogP contribution in [0.4, 0.5) is 0 Å². The Balaban J connectivity index is 1.21. The maximum atomic E-state index is 13.3. The number of piperidine rings is 1. The third kappa shape index (κ3) is 4.84. The summed E-state index contributed by atoms with van der Waals surface area (Å²) in [5, 5.41) is 2.28. The van der Waals surface area contributed by atoms with E-state index in [2.05, 4.69) is 36.2 Å². The van der Waals surface area contributed by atoms with E-state index in [0.29, 0.717) is 18.3 Å². The van der Waals surface area contributed by atoms with E-state index in [1.54, 1.807) is 6.20 Å². The summed E-state index contributed by atoms with van der Waals surface area (Å²) in [6.07, 6.45) is 7.21. The largest absolute Gasteiger partial charge is 0.342 e. The maximum Gasteiger partial charge on any atom is 0.253 e. The SMILES string of the molecule is Cc1cncc(CC(=O)N2CCC(C3CCCN(C(=O)c4ccc5cc(C)ccc5c4)C3)C2)c1. The molecule has 2 fully saturated rings. The van der Waals surface area contributed by atoms with Crippen molar-refractivity contribution in [3.05, 3.63) is 77.1 Å². The van der Waals surface area contributed by atoms with E-state index in [0.717, 1.165) is 67.5 Å². The summed E-state index contributed by atoms with van der Waals surface area (Å²) in [6.45, 7) is 7.32. The minimum Gasteiger partial charge on any atom is -0.342 e. The van der Waals surface area contributed by atoms with Gasteiger partial charge in [-0.3, -0.25) is 14.6 Å². The summed E-state index contributed by atoms with van der Waals surface area (Å²) in [7, 11) is 0. The molecule has 0 radical (unpaired) electrons. The van der Waals surface area contributed by atoms with E-state index in [-0.39, 0.29) is 11.8 Å². The molecule has 5 nitrogen and oxygen atoms in total. The zero-order valence-corrected chi connectivity index (χ0v) is 20.2. The Hall–Kier alpha value is -3.21. The number of hydrogen-bond donors (Lipinski definition) is 0. The van der Waals surface area contributed by atoms with Crippen molar-refractivity contribution in [3.63, 3.8) is 0 Å². The second kappa shape index (κ2) is 9.57. The van der Waals surface area contributed by atoms with Crippen molar-refractivity contribution < 1.29 is 9.59 Å². The average Bonchev–Trinajstić information content (AvgIpc) is 3.34. The Kier molecular flexibility index (Phi) is 6.36. The molecule has 2 aromatic carbocycles.